The summed E-state index contributed by atoms with van der Waals surface area (Å²) in [4.78, 5) is 31.2. The lowest BCUT2D eigenvalue weighted by molar-refractivity contribution is 0.0246. The van der Waals surface area contributed by atoms with Crippen LogP contribution < -0.4 is 5.73 Å². The Morgan fingerprint density at radius 3 is 2.47 bits per heavy atom. The second-order valence-electron chi connectivity index (χ2n) is 9.89. The highest BCUT2D eigenvalue weighted by atomic mass is 32.1. The quantitative estimate of drug-likeness (QED) is 0.596. The molecule has 3 fully saturated rings. The zero-order chi connectivity index (χ0) is 23.4. The fourth-order valence-electron chi connectivity index (χ4n) is 5.82. The molecule has 2 N–H and O–H groups in total. The lowest BCUT2D eigenvalue weighted by Gasteiger charge is -2.46. The molecule has 3 aliphatic rings. The SMILES string of the molecule is NC1CCN(C(=O)c2ccccc2)C1C1CN(C(=O)c2sc3cc(F)ccc3c2C2CCC2)C1. The Hall–Kier alpha value is -2.77. The van der Waals surface area contributed by atoms with E-state index in [0.717, 1.165) is 39.8 Å². The molecule has 2 unspecified atom stereocenters. The highest BCUT2D eigenvalue weighted by Crippen LogP contribution is 2.46. The van der Waals surface area contributed by atoms with Gasteiger partial charge < -0.3 is 15.5 Å². The van der Waals surface area contributed by atoms with Crippen molar-refractivity contribution in [2.75, 3.05) is 19.6 Å². The van der Waals surface area contributed by atoms with E-state index in [2.05, 4.69) is 0 Å². The first-order valence-corrected chi connectivity index (χ1v) is 13.0. The van der Waals surface area contributed by atoms with Gasteiger partial charge in [0.15, 0.2) is 0 Å². The molecule has 34 heavy (non-hydrogen) atoms. The molecule has 0 spiro atoms. The van der Waals surface area contributed by atoms with Crippen LogP contribution in [0.3, 0.4) is 0 Å². The van der Waals surface area contributed by atoms with E-state index in [9.17, 15) is 14.0 Å². The van der Waals surface area contributed by atoms with Gasteiger partial charge >= 0.3 is 0 Å². The molecule has 2 amide bonds. The molecule has 0 radical (unpaired) electrons. The molecule has 2 saturated heterocycles. The van der Waals surface area contributed by atoms with Gasteiger partial charge in [-0.05, 0) is 60.4 Å². The number of nitrogens with two attached hydrogens (primary N) is 1. The zero-order valence-electron chi connectivity index (χ0n) is 19.0. The monoisotopic (exact) mass is 477 g/mol. The molecular formula is C27H28FN3O2S. The van der Waals surface area contributed by atoms with Crippen molar-refractivity contribution in [1.82, 2.24) is 9.80 Å². The zero-order valence-corrected chi connectivity index (χ0v) is 19.8. The molecule has 2 atom stereocenters. The molecule has 7 heteroatoms. The fourth-order valence-corrected chi connectivity index (χ4v) is 7.10. The lowest BCUT2D eigenvalue weighted by atomic mass is 9.78. The van der Waals surface area contributed by atoms with Crippen molar-refractivity contribution in [3.63, 3.8) is 0 Å². The third-order valence-corrected chi connectivity index (χ3v) is 9.02. The number of fused-ring (bicyclic) bond motifs is 1. The van der Waals surface area contributed by atoms with Gasteiger partial charge in [-0.25, -0.2) is 4.39 Å². The molecule has 1 saturated carbocycles. The van der Waals surface area contributed by atoms with Crippen molar-refractivity contribution < 1.29 is 14.0 Å². The summed E-state index contributed by atoms with van der Waals surface area (Å²) < 4.78 is 14.7. The van der Waals surface area contributed by atoms with E-state index in [4.69, 9.17) is 5.73 Å². The fraction of sp³-hybridized carbons (Fsp3) is 0.407. The van der Waals surface area contributed by atoms with Gasteiger partial charge in [-0.2, -0.15) is 0 Å². The van der Waals surface area contributed by atoms with Crippen LogP contribution in [0, 0.1) is 11.7 Å². The summed E-state index contributed by atoms with van der Waals surface area (Å²) in [6.45, 7) is 1.85. The number of carbonyl (C=O) groups is 2. The summed E-state index contributed by atoms with van der Waals surface area (Å²) in [5, 5.41) is 1.02. The smallest absolute Gasteiger partial charge is 0.264 e. The van der Waals surface area contributed by atoms with Gasteiger partial charge in [-0.1, -0.05) is 30.7 Å². The number of benzene rings is 2. The third kappa shape index (κ3) is 3.53. The molecule has 5 nitrogen and oxygen atoms in total. The molecule has 176 valence electrons. The lowest BCUT2D eigenvalue weighted by Crippen LogP contribution is -2.61. The summed E-state index contributed by atoms with van der Waals surface area (Å²) in [5.74, 6) is 0.343. The average Bonchev–Trinajstić information content (AvgIpc) is 3.32. The van der Waals surface area contributed by atoms with Gasteiger partial charge in [-0.15, -0.1) is 11.3 Å². The van der Waals surface area contributed by atoms with Crippen molar-refractivity contribution in [3.8, 4) is 0 Å². The Bertz CT molecular complexity index is 1250. The van der Waals surface area contributed by atoms with E-state index < -0.39 is 0 Å². The van der Waals surface area contributed by atoms with Gasteiger partial charge in [0, 0.05) is 41.9 Å². The van der Waals surface area contributed by atoms with Gasteiger partial charge in [0.1, 0.15) is 5.82 Å². The van der Waals surface area contributed by atoms with E-state index >= 15 is 0 Å². The molecule has 2 aliphatic heterocycles. The highest BCUT2D eigenvalue weighted by molar-refractivity contribution is 7.21. The Kier molecular flexibility index (Phi) is 5.41. The summed E-state index contributed by atoms with van der Waals surface area (Å²) >= 11 is 1.42. The van der Waals surface area contributed by atoms with Crippen molar-refractivity contribution >= 4 is 33.2 Å². The second-order valence-corrected chi connectivity index (χ2v) is 10.9. The Labute approximate surface area is 202 Å². The molecule has 3 heterocycles. The van der Waals surface area contributed by atoms with Crippen molar-refractivity contribution in [2.45, 2.75) is 43.7 Å². The number of hydrogen-bond acceptors (Lipinski definition) is 4. The van der Waals surface area contributed by atoms with Crippen LogP contribution in [-0.2, 0) is 0 Å². The van der Waals surface area contributed by atoms with Gasteiger partial charge in [-0.3, -0.25) is 9.59 Å². The van der Waals surface area contributed by atoms with E-state index in [1.165, 1.54) is 23.8 Å². The summed E-state index contributed by atoms with van der Waals surface area (Å²) in [5.41, 5.74) is 8.24. The number of rotatable bonds is 4. The number of thiophene rings is 1. The van der Waals surface area contributed by atoms with E-state index in [-0.39, 0.29) is 35.6 Å². The number of halogens is 1. The largest absolute Gasteiger partial charge is 0.337 e. The maximum atomic E-state index is 13.9. The van der Waals surface area contributed by atoms with Crippen LogP contribution in [0.4, 0.5) is 4.39 Å². The van der Waals surface area contributed by atoms with Crippen molar-refractivity contribution in [2.24, 2.45) is 11.7 Å². The molecule has 3 aromatic rings. The number of nitrogens with zero attached hydrogens (tertiary/aromatic N) is 2. The minimum Gasteiger partial charge on any atom is -0.337 e. The molecule has 0 bridgehead atoms. The summed E-state index contributed by atoms with van der Waals surface area (Å²) in [7, 11) is 0. The normalized spacial score (nSPS) is 23.2. The molecule has 2 aromatic carbocycles. The van der Waals surface area contributed by atoms with Crippen molar-refractivity contribution in [3.05, 3.63) is 70.4 Å². The van der Waals surface area contributed by atoms with Crippen LogP contribution in [0.1, 0.15) is 57.2 Å². The predicted octanol–water partition coefficient (Wildman–Crippen LogP) is 4.62. The molecular weight excluding hydrogens is 449 g/mol. The van der Waals surface area contributed by atoms with Crippen LogP contribution in [0.5, 0.6) is 0 Å². The van der Waals surface area contributed by atoms with Crippen LogP contribution in [0.25, 0.3) is 10.1 Å². The number of amides is 2. The number of hydrogen-bond donors (Lipinski definition) is 1. The van der Waals surface area contributed by atoms with Crippen LogP contribution in [0.2, 0.25) is 0 Å². The van der Waals surface area contributed by atoms with Crippen LogP contribution in [-0.4, -0.2) is 53.3 Å². The maximum Gasteiger partial charge on any atom is 0.264 e. The second kappa shape index (κ2) is 8.47. The number of carbonyl (C=O) groups excluding carboxylic acids is 2. The number of likely N-dealkylation sites (tertiary alicyclic amines) is 2. The first-order valence-electron chi connectivity index (χ1n) is 12.1. The summed E-state index contributed by atoms with van der Waals surface area (Å²) in [6.07, 6.45) is 4.12. The molecule has 6 rings (SSSR count). The average molecular weight is 478 g/mol. The third-order valence-electron chi connectivity index (χ3n) is 7.86. The standard InChI is InChI=1S/C27H28FN3O2S/c28-19-9-10-20-22(13-19)34-25(23(20)16-7-4-8-16)27(33)30-14-18(15-30)24-21(29)11-12-31(24)26(32)17-5-2-1-3-6-17/h1-3,5-6,9-10,13,16,18,21,24H,4,7-8,11-12,14-15,29H2. The Balaban J connectivity index is 1.21. The summed E-state index contributed by atoms with van der Waals surface area (Å²) in [6, 6.07) is 14.1. The van der Waals surface area contributed by atoms with Gasteiger partial charge in [0.05, 0.1) is 10.9 Å². The van der Waals surface area contributed by atoms with Gasteiger partial charge in [0.2, 0.25) is 0 Å². The molecule has 1 aliphatic carbocycles. The maximum absolute atomic E-state index is 13.9. The van der Waals surface area contributed by atoms with Gasteiger partial charge in [0.25, 0.3) is 11.8 Å². The van der Waals surface area contributed by atoms with E-state index in [1.54, 1.807) is 6.07 Å². The van der Waals surface area contributed by atoms with Crippen LogP contribution >= 0.6 is 11.3 Å². The first kappa shape index (κ1) is 21.7. The minimum atomic E-state index is -0.268. The van der Waals surface area contributed by atoms with Crippen LogP contribution in [0.15, 0.2) is 48.5 Å². The Morgan fingerprint density at radius 1 is 1.00 bits per heavy atom. The van der Waals surface area contributed by atoms with Crippen molar-refractivity contribution in [1.29, 1.82) is 0 Å². The first-order chi connectivity index (χ1) is 16.5. The predicted molar refractivity (Wildman–Crippen MR) is 132 cm³/mol. The highest BCUT2D eigenvalue weighted by Gasteiger charge is 2.47. The minimum absolute atomic E-state index is 0.0159. The molecule has 1 aromatic heterocycles. The topological polar surface area (TPSA) is 66.6 Å². The van der Waals surface area contributed by atoms with E-state index in [1.807, 2.05) is 46.2 Å². The Morgan fingerprint density at radius 2 is 1.76 bits per heavy atom. The van der Waals surface area contributed by atoms with E-state index in [0.29, 0.717) is 31.1 Å².